The third-order valence-corrected chi connectivity index (χ3v) is 2.89. The zero-order valence-electron chi connectivity index (χ0n) is 11.5. The van der Waals surface area contributed by atoms with Gasteiger partial charge in [0.25, 0.3) is 5.69 Å². The second-order valence-electron chi connectivity index (χ2n) is 4.72. The average Bonchev–Trinajstić information content (AvgIpc) is 2.36. The van der Waals surface area contributed by atoms with Crippen LogP contribution in [0.3, 0.4) is 0 Å². The number of primary amides is 1. The summed E-state index contributed by atoms with van der Waals surface area (Å²) in [5.74, 6) is 4.87. The third-order valence-electron chi connectivity index (χ3n) is 2.89. The number of hydrogen-bond acceptors (Lipinski definition) is 6. The number of nitro benzene ring substituents is 1. The van der Waals surface area contributed by atoms with Crippen molar-refractivity contribution in [3.63, 3.8) is 0 Å². The summed E-state index contributed by atoms with van der Waals surface area (Å²) in [6.07, 6.45) is 0. The molecule has 0 fully saturated rings. The highest BCUT2D eigenvalue weighted by Gasteiger charge is 2.16. The van der Waals surface area contributed by atoms with Crippen LogP contribution < -0.4 is 17.0 Å². The number of hydrazine groups is 1. The second kappa shape index (κ2) is 6.83. The summed E-state index contributed by atoms with van der Waals surface area (Å²) in [5.41, 5.74) is 8.45. The summed E-state index contributed by atoms with van der Waals surface area (Å²) in [7, 11) is 0. The van der Waals surface area contributed by atoms with Crippen molar-refractivity contribution in [3.8, 4) is 0 Å². The summed E-state index contributed by atoms with van der Waals surface area (Å²) in [5, 5.41) is 10.8. The molecular formula is C12H19N5O3. The van der Waals surface area contributed by atoms with Crippen molar-refractivity contribution in [2.24, 2.45) is 11.6 Å². The molecule has 0 aromatic heterocycles. The molecule has 1 aromatic rings. The largest absolute Gasteiger partial charge is 0.369 e. The quantitative estimate of drug-likeness (QED) is 0.381. The molecule has 0 aliphatic rings. The zero-order chi connectivity index (χ0) is 15.3. The van der Waals surface area contributed by atoms with Gasteiger partial charge in [-0.3, -0.25) is 25.7 Å². The van der Waals surface area contributed by atoms with Gasteiger partial charge >= 0.3 is 0 Å². The van der Waals surface area contributed by atoms with Crippen LogP contribution in [0.15, 0.2) is 18.2 Å². The summed E-state index contributed by atoms with van der Waals surface area (Å²) < 4.78 is 0. The van der Waals surface area contributed by atoms with Crippen LogP contribution in [0.2, 0.25) is 0 Å². The fourth-order valence-corrected chi connectivity index (χ4v) is 1.81. The first-order chi connectivity index (χ1) is 9.35. The van der Waals surface area contributed by atoms with Crippen LogP contribution >= 0.6 is 0 Å². The van der Waals surface area contributed by atoms with E-state index in [-0.39, 0.29) is 24.0 Å². The van der Waals surface area contributed by atoms with Crippen LogP contribution in [0.4, 0.5) is 11.4 Å². The van der Waals surface area contributed by atoms with Gasteiger partial charge in [-0.1, -0.05) is 6.07 Å². The highest BCUT2D eigenvalue weighted by molar-refractivity contribution is 5.76. The van der Waals surface area contributed by atoms with Crippen molar-refractivity contribution in [1.29, 1.82) is 0 Å². The van der Waals surface area contributed by atoms with Gasteiger partial charge in [0.1, 0.15) is 5.69 Å². The molecule has 1 amide bonds. The van der Waals surface area contributed by atoms with Crippen molar-refractivity contribution >= 4 is 17.3 Å². The van der Waals surface area contributed by atoms with Crippen molar-refractivity contribution in [1.82, 2.24) is 4.90 Å². The van der Waals surface area contributed by atoms with E-state index in [0.29, 0.717) is 6.54 Å². The summed E-state index contributed by atoms with van der Waals surface area (Å²) in [4.78, 5) is 23.2. The van der Waals surface area contributed by atoms with Gasteiger partial charge in [-0.15, -0.1) is 0 Å². The van der Waals surface area contributed by atoms with Crippen molar-refractivity contribution < 1.29 is 9.72 Å². The Hall–Kier alpha value is -2.19. The minimum absolute atomic E-state index is 0.0951. The average molecular weight is 281 g/mol. The van der Waals surface area contributed by atoms with Gasteiger partial charge in [0.05, 0.1) is 11.5 Å². The summed E-state index contributed by atoms with van der Waals surface area (Å²) >= 11 is 0. The number of carbonyl (C=O) groups is 1. The first-order valence-corrected chi connectivity index (χ1v) is 6.11. The number of benzene rings is 1. The van der Waals surface area contributed by atoms with E-state index < -0.39 is 10.8 Å². The van der Waals surface area contributed by atoms with Crippen LogP contribution in [0.5, 0.6) is 0 Å². The van der Waals surface area contributed by atoms with Gasteiger partial charge < -0.3 is 11.2 Å². The smallest absolute Gasteiger partial charge is 0.293 e. The number of rotatable bonds is 7. The normalized spacial score (nSPS) is 10.8. The fraction of sp³-hybridized carbons (Fsp3) is 0.417. The monoisotopic (exact) mass is 281 g/mol. The van der Waals surface area contributed by atoms with Gasteiger partial charge in [0.15, 0.2) is 0 Å². The Balaban J connectivity index is 2.96. The van der Waals surface area contributed by atoms with E-state index in [1.807, 2.05) is 18.7 Å². The van der Waals surface area contributed by atoms with Crippen molar-refractivity contribution in [3.05, 3.63) is 33.9 Å². The van der Waals surface area contributed by atoms with E-state index in [2.05, 4.69) is 5.43 Å². The maximum Gasteiger partial charge on any atom is 0.293 e. The predicted molar refractivity (Wildman–Crippen MR) is 75.6 cm³/mol. The van der Waals surface area contributed by atoms with E-state index >= 15 is 0 Å². The minimum atomic E-state index is -0.511. The molecule has 0 unspecified atom stereocenters. The maximum atomic E-state index is 11.0. The number of nitro groups is 1. The molecule has 0 aliphatic carbocycles. The van der Waals surface area contributed by atoms with E-state index in [1.165, 1.54) is 6.07 Å². The van der Waals surface area contributed by atoms with Crippen molar-refractivity contribution in [2.75, 3.05) is 12.0 Å². The first kappa shape index (κ1) is 15.9. The Morgan fingerprint density at radius 3 is 2.60 bits per heavy atom. The molecule has 8 heteroatoms. The number of amides is 1. The Morgan fingerprint density at radius 1 is 1.50 bits per heavy atom. The molecule has 0 saturated heterocycles. The lowest BCUT2D eigenvalue weighted by atomic mass is 10.1. The van der Waals surface area contributed by atoms with Gasteiger partial charge in [-0.25, -0.2) is 0 Å². The Morgan fingerprint density at radius 2 is 2.15 bits per heavy atom. The van der Waals surface area contributed by atoms with Crippen LogP contribution in [-0.4, -0.2) is 28.3 Å². The number of nitrogens with two attached hydrogens (primary N) is 2. The second-order valence-corrected chi connectivity index (χ2v) is 4.72. The van der Waals surface area contributed by atoms with E-state index in [4.69, 9.17) is 11.6 Å². The molecule has 0 heterocycles. The maximum absolute atomic E-state index is 11.0. The molecule has 1 rings (SSSR count). The Kier molecular flexibility index (Phi) is 5.42. The molecule has 0 aliphatic heterocycles. The molecule has 5 N–H and O–H groups in total. The third kappa shape index (κ3) is 4.18. The molecule has 0 bridgehead atoms. The van der Waals surface area contributed by atoms with E-state index in [1.54, 1.807) is 12.1 Å². The Bertz CT molecular complexity index is 504. The Labute approximate surface area is 116 Å². The van der Waals surface area contributed by atoms with Crippen LogP contribution in [0.1, 0.15) is 19.4 Å². The lowest BCUT2D eigenvalue weighted by Crippen LogP contribution is -2.37. The number of nitrogen functional groups attached to an aromatic ring is 1. The van der Waals surface area contributed by atoms with E-state index in [0.717, 1.165) is 5.56 Å². The number of anilines is 1. The molecular weight excluding hydrogens is 262 g/mol. The van der Waals surface area contributed by atoms with Gasteiger partial charge in [-0.05, 0) is 25.5 Å². The highest BCUT2D eigenvalue weighted by Crippen LogP contribution is 2.25. The van der Waals surface area contributed by atoms with Crippen LogP contribution in [0, 0.1) is 10.1 Å². The molecule has 110 valence electrons. The number of nitrogens with one attached hydrogen (secondary N) is 1. The predicted octanol–water partition coefficient (Wildman–Crippen LogP) is 0.576. The summed E-state index contributed by atoms with van der Waals surface area (Å²) in [6, 6.07) is 4.73. The molecule has 8 nitrogen and oxygen atoms in total. The topological polar surface area (TPSA) is 128 Å². The fourth-order valence-electron chi connectivity index (χ4n) is 1.81. The highest BCUT2D eigenvalue weighted by atomic mass is 16.6. The minimum Gasteiger partial charge on any atom is -0.369 e. The molecule has 0 saturated carbocycles. The standard InChI is InChI=1S/C12H19N5O3/c1-8(2)16(7-12(13)18)6-9-3-4-11(17(19)20)10(5-9)15-14/h3-5,8,15H,6-7,14H2,1-2H3,(H2,13,18). The number of nitrogens with zero attached hydrogens (tertiary/aromatic N) is 2. The molecule has 0 radical (unpaired) electrons. The molecule has 0 atom stereocenters. The lowest BCUT2D eigenvalue weighted by molar-refractivity contribution is -0.384. The molecule has 0 spiro atoms. The van der Waals surface area contributed by atoms with Gasteiger partial charge in [0.2, 0.25) is 5.91 Å². The van der Waals surface area contributed by atoms with Crippen LogP contribution in [-0.2, 0) is 11.3 Å². The number of hydrogen-bond donors (Lipinski definition) is 3. The summed E-state index contributed by atoms with van der Waals surface area (Å²) in [6.45, 7) is 4.46. The zero-order valence-corrected chi connectivity index (χ0v) is 11.5. The van der Waals surface area contributed by atoms with Gasteiger partial charge in [0, 0.05) is 18.7 Å². The molecule has 20 heavy (non-hydrogen) atoms. The van der Waals surface area contributed by atoms with Crippen molar-refractivity contribution in [2.45, 2.75) is 26.4 Å². The van der Waals surface area contributed by atoms with Crippen LogP contribution in [0.25, 0.3) is 0 Å². The van der Waals surface area contributed by atoms with E-state index in [9.17, 15) is 14.9 Å². The SMILES string of the molecule is CC(C)N(CC(N)=O)Cc1ccc([N+](=O)[O-])c(NN)c1. The first-order valence-electron chi connectivity index (χ1n) is 6.11. The number of carbonyl (C=O) groups excluding carboxylic acids is 1. The van der Waals surface area contributed by atoms with Gasteiger partial charge in [-0.2, -0.15) is 0 Å². The molecule has 1 aromatic carbocycles. The lowest BCUT2D eigenvalue weighted by Gasteiger charge is -2.25.